The summed E-state index contributed by atoms with van der Waals surface area (Å²) < 4.78 is 5.41. The van der Waals surface area contributed by atoms with Crippen LogP contribution in [0.25, 0.3) is 0 Å². The van der Waals surface area contributed by atoms with Crippen LogP contribution < -0.4 is 10.1 Å². The largest absolute Gasteiger partial charge is 0.482 e. The number of nitrogens with one attached hydrogen (secondary N) is 1. The molecular weight excluding hydrogens is 297 g/mol. The zero-order chi connectivity index (χ0) is 14.5. The first-order chi connectivity index (χ1) is 9.56. The molecule has 0 aromatic heterocycles. The normalized spacial score (nSPS) is 22.4. The highest BCUT2D eigenvalue weighted by atomic mass is 35.5. The van der Waals surface area contributed by atoms with Crippen molar-refractivity contribution in [3.8, 4) is 5.75 Å². The molecule has 1 amide bonds. The van der Waals surface area contributed by atoms with Crippen molar-refractivity contribution in [1.29, 1.82) is 0 Å². The molecule has 1 aromatic carbocycles. The van der Waals surface area contributed by atoms with Crippen LogP contribution in [0, 0.1) is 5.92 Å². The molecule has 3 nitrogen and oxygen atoms in total. The molecule has 1 aromatic rings. The Kier molecular flexibility index (Phi) is 5.55. The van der Waals surface area contributed by atoms with Crippen LogP contribution in [0.15, 0.2) is 18.2 Å². The van der Waals surface area contributed by atoms with E-state index in [2.05, 4.69) is 12.2 Å². The second-order valence-corrected chi connectivity index (χ2v) is 6.15. The lowest BCUT2D eigenvalue weighted by Crippen LogP contribution is -2.39. The standard InChI is InChI=1S/C15H19Cl2NO2/c1-10-5-7-11(8-6-10)18-14(19)9-20-13-4-2-3-12(16)15(13)17/h2-4,10-11H,5-9H2,1H3,(H,18,19). The van der Waals surface area contributed by atoms with Crippen molar-refractivity contribution in [1.82, 2.24) is 5.32 Å². The summed E-state index contributed by atoms with van der Waals surface area (Å²) in [4.78, 5) is 11.9. The van der Waals surface area contributed by atoms with Crippen molar-refractivity contribution in [2.75, 3.05) is 6.61 Å². The fraction of sp³-hybridized carbons (Fsp3) is 0.533. The molecular formula is C15H19Cl2NO2. The van der Waals surface area contributed by atoms with Crippen LogP contribution in [0.1, 0.15) is 32.6 Å². The number of ether oxygens (including phenoxy) is 1. The molecule has 0 spiro atoms. The maximum Gasteiger partial charge on any atom is 0.258 e. The van der Waals surface area contributed by atoms with Crippen LogP contribution in [-0.4, -0.2) is 18.6 Å². The Morgan fingerprint density at radius 1 is 1.30 bits per heavy atom. The molecule has 0 atom stereocenters. The van der Waals surface area contributed by atoms with Crippen LogP contribution in [-0.2, 0) is 4.79 Å². The molecule has 0 unspecified atom stereocenters. The molecule has 0 saturated heterocycles. The molecule has 1 fully saturated rings. The van der Waals surface area contributed by atoms with Gasteiger partial charge >= 0.3 is 0 Å². The lowest BCUT2D eigenvalue weighted by atomic mass is 9.87. The highest BCUT2D eigenvalue weighted by Gasteiger charge is 2.20. The van der Waals surface area contributed by atoms with Gasteiger partial charge in [-0.05, 0) is 43.7 Å². The fourth-order valence-corrected chi connectivity index (χ4v) is 2.76. The van der Waals surface area contributed by atoms with E-state index in [-0.39, 0.29) is 18.6 Å². The molecule has 0 radical (unpaired) electrons. The molecule has 5 heteroatoms. The monoisotopic (exact) mass is 315 g/mol. The molecule has 1 saturated carbocycles. The van der Waals surface area contributed by atoms with E-state index < -0.39 is 0 Å². The van der Waals surface area contributed by atoms with Gasteiger partial charge in [0, 0.05) is 6.04 Å². The van der Waals surface area contributed by atoms with Crippen LogP contribution in [0.2, 0.25) is 10.0 Å². The minimum Gasteiger partial charge on any atom is -0.482 e. The Hall–Kier alpha value is -0.930. The second-order valence-electron chi connectivity index (χ2n) is 5.36. The van der Waals surface area contributed by atoms with E-state index >= 15 is 0 Å². The summed E-state index contributed by atoms with van der Waals surface area (Å²) in [7, 11) is 0. The van der Waals surface area contributed by atoms with Gasteiger partial charge < -0.3 is 10.1 Å². The minimum atomic E-state index is -0.111. The lowest BCUT2D eigenvalue weighted by Gasteiger charge is -2.26. The SMILES string of the molecule is CC1CCC(NC(=O)COc2cccc(Cl)c2Cl)CC1. The minimum absolute atomic E-state index is 0.0356. The summed E-state index contributed by atoms with van der Waals surface area (Å²) in [6, 6.07) is 5.39. The number of benzene rings is 1. The van der Waals surface area contributed by atoms with Gasteiger partial charge in [-0.25, -0.2) is 0 Å². The summed E-state index contributed by atoms with van der Waals surface area (Å²) in [5.41, 5.74) is 0. The molecule has 0 bridgehead atoms. The Labute approximate surface area is 129 Å². The zero-order valence-electron chi connectivity index (χ0n) is 11.5. The van der Waals surface area contributed by atoms with Gasteiger partial charge in [0.1, 0.15) is 10.8 Å². The number of carbonyl (C=O) groups is 1. The maximum atomic E-state index is 11.9. The zero-order valence-corrected chi connectivity index (χ0v) is 13.0. The third-order valence-electron chi connectivity index (χ3n) is 3.66. The molecule has 1 aliphatic rings. The van der Waals surface area contributed by atoms with Crippen molar-refractivity contribution < 1.29 is 9.53 Å². The summed E-state index contributed by atoms with van der Waals surface area (Å²) in [5, 5.41) is 3.77. The van der Waals surface area contributed by atoms with E-state index in [1.807, 2.05) is 0 Å². The van der Waals surface area contributed by atoms with Crippen molar-refractivity contribution in [2.45, 2.75) is 38.6 Å². The number of amides is 1. The topological polar surface area (TPSA) is 38.3 Å². The average Bonchev–Trinajstić information content (AvgIpc) is 2.43. The van der Waals surface area contributed by atoms with Gasteiger partial charge in [0.25, 0.3) is 5.91 Å². The third-order valence-corrected chi connectivity index (χ3v) is 4.46. The predicted octanol–water partition coefficient (Wildman–Crippen LogP) is 4.07. The highest BCUT2D eigenvalue weighted by Crippen LogP contribution is 2.31. The van der Waals surface area contributed by atoms with Gasteiger partial charge in [0.15, 0.2) is 6.61 Å². The molecule has 1 aliphatic carbocycles. The van der Waals surface area contributed by atoms with Crippen LogP contribution >= 0.6 is 23.2 Å². The molecule has 20 heavy (non-hydrogen) atoms. The molecule has 0 aliphatic heterocycles. The Bertz CT molecular complexity index is 471. The van der Waals surface area contributed by atoms with E-state index in [0.717, 1.165) is 18.8 Å². The second kappa shape index (κ2) is 7.19. The van der Waals surface area contributed by atoms with Crippen LogP contribution in [0.3, 0.4) is 0 Å². The van der Waals surface area contributed by atoms with Crippen molar-refractivity contribution in [3.05, 3.63) is 28.2 Å². The average molecular weight is 316 g/mol. The number of carbonyl (C=O) groups excluding carboxylic acids is 1. The Balaban J connectivity index is 1.79. The van der Waals surface area contributed by atoms with Crippen molar-refractivity contribution in [2.24, 2.45) is 5.92 Å². The van der Waals surface area contributed by atoms with Gasteiger partial charge in [-0.3, -0.25) is 4.79 Å². The van der Waals surface area contributed by atoms with Crippen molar-refractivity contribution >= 4 is 29.1 Å². The van der Waals surface area contributed by atoms with E-state index in [0.29, 0.717) is 15.8 Å². The quantitative estimate of drug-likeness (QED) is 0.909. The lowest BCUT2D eigenvalue weighted by molar-refractivity contribution is -0.124. The van der Waals surface area contributed by atoms with Gasteiger partial charge in [0.05, 0.1) is 5.02 Å². The smallest absolute Gasteiger partial charge is 0.258 e. The number of rotatable bonds is 4. The van der Waals surface area contributed by atoms with Crippen molar-refractivity contribution in [3.63, 3.8) is 0 Å². The summed E-state index contributed by atoms with van der Waals surface area (Å²) >= 11 is 11.9. The van der Waals surface area contributed by atoms with Gasteiger partial charge in [-0.2, -0.15) is 0 Å². The van der Waals surface area contributed by atoms with Crippen LogP contribution in [0.5, 0.6) is 5.75 Å². The summed E-state index contributed by atoms with van der Waals surface area (Å²) in [6.07, 6.45) is 4.44. The van der Waals surface area contributed by atoms with E-state index in [1.54, 1.807) is 18.2 Å². The highest BCUT2D eigenvalue weighted by molar-refractivity contribution is 6.42. The van der Waals surface area contributed by atoms with Crippen LogP contribution in [0.4, 0.5) is 0 Å². The number of halogens is 2. The first kappa shape index (κ1) is 15.5. The summed E-state index contributed by atoms with van der Waals surface area (Å²) in [6.45, 7) is 2.22. The first-order valence-corrected chi connectivity index (χ1v) is 7.68. The fourth-order valence-electron chi connectivity index (χ4n) is 2.41. The summed E-state index contributed by atoms with van der Waals surface area (Å²) in [5.74, 6) is 1.09. The van der Waals surface area contributed by atoms with Gasteiger partial charge in [-0.15, -0.1) is 0 Å². The number of hydrogen-bond acceptors (Lipinski definition) is 2. The van der Waals surface area contributed by atoms with Gasteiger partial charge in [-0.1, -0.05) is 36.2 Å². The number of hydrogen-bond donors (Lipinski definition) is 1. The molecule has 2 rings (SSSR count). The molecule has 110 valence electrons. The van der Waals surface area contributed by atoms with E-state index in [9.17, 15) is 4.79 Å². The Morgan fingerprint density at radius 2 is 2.00 bits per heavy atom. The van der Waals surface area contributed by atoms with Gasteiger partial charge in [0.2, 0.25) is 0 Å². The van der Waals surface area contributed by atoms with E-state index in [1.165, 1.54) is 12.8 Å². The maximum absolute atomic E-state index is 11.9. The predicted molar refractivity (Wildman–Crippen MR) is 81.5 cm³/mol. The molecule has 0 heterocycles. The molecule has 1 N–H and O–H groups in total. The first-order valence-electron chi connectivity index (χ1n) is 6.92. The third kappa shape index (κ3) is 4.29. The Morgan fingerprint density at radius 3 is 2.70 bits per heavy atom. The van der Waals surface area contributed by atoms with E-state index in [4.69, 9.17) is 27.9 Å².